The van der Waals surface area contributed by atoms with Crippen molar-refractivity contribution in [2.75, 3.05) is 11.1 Å². The van der Waals surface area contributed by atoms with Gasteiger partial charge in [0.05, 0.1) is 28.1 Å². The van der Waals surface area contributed by atoms with Crippen LogP contribution in [0.25, 0.3) is 0 Å². The molecule has 5 nitrogen and oxygen atoms in total. The second kappa shape index (κ2) is 4.58. The van der Waals surface area contributed by atoms with Crippen LogP contribution in [-0.2, 0) is 0 Å². The van der Waals surface area contributed by atoms with Gasteiger partial charge in [-0.3, -0.25) is 9.78 Å². The number of nitrogens with two attached hydrogens (primary N) is 1. The fraction of sp³-hybridized carbons (Fsp3) is 0. The summed E-state index contributed by atoms with van der Waals surface area (Å²) in [7, 11) is 0. The van der Waals surface area contributed by atoms with Crippen molar-refractivity contribution in [3.8, 4) is 0 Å². The number of hydrogen-bond donors (Lipinski definition) is 2. The Morgan fingerprint density at radius 2 is 2.31 bits per heavy atom. The molecule has 0 unspecified atom stereocenters. The Hall–Kier alpha value is -1.47. The van der Waals surface area contributed by atoms with E-state index in [2.05, 4.69) is 31.2 Å². The van der Waals surface area contributed by atoms with Gasteiger partial charge in [-0.05, 0) is 22.0 Å². The lowest BCUT2D eigenvalue weighted by Gasteiger charge is -2.05. The smallest absolute Gasteiger partial charge is 0.268 e. The van der Waals surface area contributed by atoms with Crippen molar-refractivity contribution in [1.29, 1.82) is 0 Å². The van der Waals surface area contributed by atoms with Gasteiger partial charge >= 0.3 is 0 Å². The number of halogens is 1. The molecule has 7 heteroatoms. The molecule has 0 aliphatic heterocycles. The first kappa shape index (κ1) is 11.0. The molecule has 0 fully saturated rings. The minimum absolute atomic E-state index is 0.236. The van der Waals surface area contributed by atoms with Crippen molar-refractivity contribution in [2.45, 2.75) is 0 Å². The average Bonchev–Trinajstić information content (AvgIpc) is 2.75. The molecule has 0 atom stereocenters. The van der Waals surface area contributed by atoms with Crippen LogP contribution in [0, 0.1) is 0 Å². The first-order valence-electron chi connectivity index (χ1n) is 4.27. The van der Waals surface area contributed by atoms with Crippen molar-refractivity contribution in [3.63, 3.8) is 0 Å². The summed E-state index contributed by atoms with van der Waals surface area (Å²) in [5, 5.41) is 2.66. The van der Waals surface area contributed by atoms with Crippen molar-refractivity contribution in [1.82, 2.24) is 9.97 Å². The molecule has 82 valence electrons. The number of carbonyl (C=O) groups is 1. The van der Waals surface area contributed by atoms with Gasteiger partial charge in [0, 0.05) is 0 Å². The topological polar surface area (TPSA) is 80.9 Å². The predicted molar refractivity (Wildman–Crippen MR) is 66.4 cm³/mol. The lowest BCUT2D eigenvalue weighted by atomic mass is 10.4. The van der Waals surface area contributed by atoms with Crippen LogP contribution in [0.15, 0.2) is 28.4 Å². The first-order valence-corrected chi connectivity index (χ1v) is 5.95. The van der Waals surface area contributed by atoms with Crippen molar-refractivity contribution < 1.29 is 4.79 Å². The summed E-state index contributed by atoms with van der Waals surface area (Å²) in [6, 6.07) is 1.68. The molecule has 0 saturated heterocycles. The molecule has 1 amide bonds. The van der Waals surface area contributed by atoms with E-state index in [9.17, 15) is 4.79 Å². The van der Waals surface area contributed by atoms with E-state index in [1.54, 1.807) is 11.6 Å². The van der Waals surface area contributed by atoms with Crippen molar-refractivity contribution in [2.24, 2.45) is 0 Å². The normalized spacial score (nSPS) is 10.1. The van der Waals surface area contributed by atoms with Crippen LogP contribution in [0.1, 0.15) is 9.67 Å². The zero-order valence-corrected chi connectivity index (χ0v) is 10.4. The SMILES string of the molecule is Nc1cnc(NC(=O)c2cncs2)c(Br)c1. The minimum Gasteiger partial charge on any atom is -0.397 e. The second-order valence-electron chi connectivity index (χ2n) is 2.92. The highest BCUT2D eigenvalue weighted by Gasteiger charge is 2.10. The van der Waals surface area contributed by atoms with Crippen LogP contribution < -0.4 is 11.1 Å². The molecule has 0 aliphatic rings. The number of hydrogen-bond acceptors (Lipinski definition) is 5. The van der Waals surface area contributed by atoms with Crippen LogP contribution >= 0.6 is 27.3 Å². The van der Waals surface area contributed by atoms with Gasteiger partial charge in [-0.1, -0.05) is 0 Å². The monoisotopic (exact) mass is 298 g/mol. The van der Waals surface area contributed by atoms with E-state index in [0.29, 0.717) is 20.9 Å². The summed E-state index contributed by atoms with van der Waals surface area (Å²) >= 11 is 4.54. The first-order chi connectivity index (χ1) is 7.66. The Kier molecular flexibility index (Phi) is 3.16. The van der Waals surface area contributed by atoms with E-state index < -0.39 is 0 Å². The average molecular weight is 299 g/mol. The molecule has 2 heterocycles. The lowest BCUT2D eigenvalue weighted by molar-refractivity contribution is 0.103. The number of nitrogen functional groups attached to an aromatic ring is 1. The molecule has 16 heavy (non-hydrogen) atoms. The van der Waals surface area contributed by atoms with Crippen molar-refractivity contribution >= 4 is 44.7 Å². The maximum atomic E-state index is 11.7. The molecule has 0 saturated carbocycles. The maximum Gasteiger partial charge on any atom is 0.268 e. The number of carbonyl (C=O) groups excluding carboxylic acids is 1. The fourth-order valence-electron chi connectivity index (χ4n) is 1.04. The molecule has 2 aromatic rings. The molecule has 2 rings (SSSR count). The van der Waals surface area contributed by atoms with Gasteiger partial charge in [-0.25, -0.2) is 4.98 Å². The Balaban J connectivity index is 2.18. The highest BCUT2D eigenvalue weighted by Crippen LogP contribution is 2.22. The fourth-order valence-corrected chi connectivity index (χ4v) is 2.02. The molecular formula is C9H7BrN4OS. The zero-order chi connectivity index (χ0) is 11.5. The van der Waals surface area contributed by atoms with Crippen LogP contribution in [0.2, 0.25) is 0 Å². The van der Waals surface area contributed by atoms with E-state index in [0.717, 1.165) is 0 Å². The number of nitrogens with zero attached hydrogens (tertiary/aromatic N) is 2. The molecule has 0 bridgehead atoms. The van der Waals surface area contributed by atoms with E-state index in [4.69, 9.17) is 5.73 Å². The summed E-state index contributed by atoms with van der Waals surface area (Å²) < 4.78 is 0.644. The molecule has 0 aromatic carbocycles. The Labute approximate surface area is 104 Å². The molecule has 0 spiro atoms. The molecule has 0 aliphatic carbocycles. The highest BCUT2D eigenvalue weighted by atomic mass is 79.9. The summed E-state index contributed by atoms with van der Waals surface area (Å²) in [5.74, 6) is 0.202. The summed E-state index contributed by atoms with van der Waals surface area (Å²) in [4.78, 5) is 20.0. The summed E-state index contributed by atoms with van der Waals surface area (Å²) in [5.41, 5.74) is 7.67. The number of thiazole rings is 1. The quantitative estimate of drug-likeness (QED) is 0.890. The standard InChI is InChI=1S/C9H7BrN4OS/c10-6-1-5(11)2-13-8(6)14-9(15)7-3-12-4-16-7/h1-4H,11H2,(H,13,14,15). The van der Waals surface area contributed by atoms with E-state index in [1.807, 2.05) is 0 Å². The van der Waals surface area contributed by atoms with E-state index in [1.165, 1.54) is 23.7 Å². The molecule has 2 aromatic heterocycles. The number of rotatable bonds is 2. The number of anilines is 2. The molecule has 3 N–H and O–H groups in total. The van der Waals surface area contributed by atoms with Gasteiger partial charge in [0.1, 0.15) is 10.7 Å². The van der Waals surface area contributed by atoms with Gasteiger partial charge in [0.25, 0.3) is 5.91 Å². The van der Waals surface area contributed by atoms with Gasteiger partial charge in [0.2, 0.25) is 0 Å². The van der Waals surface area contributed by atoms with Gasteiger partial charge < -0.3 is 11.1 Å². The lowest BCUT2D eigenvalue weighted by Crippen LogP contribution is -2.12. The largest absolute Gasteiger partial charge is 0.397 e. The second-order valence-corrected chi connectivity index (χ2v) is 4.66. The van der Waals surface area contributed by atoms with Gasteiger partial charge in [-0.2, -0.15) is 0 Å². The van der Waals surface area contributed by atoms with E-state index >= 15 is 0 Å². The van der Waals surface area contributed by atoms with Crippen molar-refractivity contribution in [3.05, 3.63) is 33.3 Å². The predicted octanol–water partition coefficient (Wildman–Crippen LogP) is 2.14. The third-order valence-corrected chi connectivity index (χ3v) is 3.13. The van der Waals surface area contributed by atoms with Gasteiger partial charge in [0.15, 0.2) is 0 Å². The minimum atomic E-state index is -0.236. The number of pyridine rings is 1. The molecular weight excluding hydrogens is 292 g/mol. The Morgan fingerprint density at radius 3 is 2.94 bits per heavy atom. The third-order valence-electron chi connectivity index (χ3n) is 1.75. The third kappa shape index (κ3) is 2.37. The summed E-state index contributed by atoms with van der Waals surface area (Å²) in [6.45, 7) is 0. The van der Waals surface area contributed by atoms with Crippen LogP contribution in [0.5, 0.6) is 0 Å². The van der Waals surface area contributed by atoms with Gasteiger partial charge in [-0.15, -0.1) is 11.3 Å². The Bertz CT molecular complexity index is 514. The van der Waals surface area contributed by atoms with Crippen LogP contribution in [0.4, 0.5) is 11.5 Å². The number of aromatic nitrogens is 2. The Morgan fingerprint density at radius 1 is 1.50 bits per heavy atom. The molecule has 0 radical (unpaired) electrons. The maximum absolute atomic E-state index is 11.7. The highest BCUT2D eigenvalue weighted by molar-refractivity contribution is 9.10. The summed E-state index contributed by atoms with van der Waals surface area (Å²) in [6.07, 6.45) is 2.98. The number of nitrogens with one attached hydrogen (secondary N) is 1. The number of amides is 1. The van der Waals surface area contributed by atoms with Crippen LogP contribution in [0.3, 0.4) is 0 Å². The zero-order valence-electron chi connectivity index (χ0n) is 7.98. The van der Waals surface area contributed by atoms with Crippen LogP contribution in [-0.4, -0.2) is 15.9 Å². The van der Waals surface area contributed by atoms with E-state index in [-0.39, 0.29) is 5.91 Å².